The second-order valence-electron chi connectivity index (χ2n) is 10.7. The highest BCUT2D eigenvalue weighted by molar-refractivity contribution is 5.81. The highest BCUT2D eigenvalue weighted by Crippen LogP contribution is 2.35. The van der Waals surface area contributed by atoms with Crippen LogP contribution < -0.4 is 16.0 Å². The van der Waals surface area contributed by atoms with E-state index in [2.05, 4.69) is 48.9 Å². The summed E-state index contributed by atoms with van der Waals surface area (Å²) in [7, 11) is 0. The summed E-state index contributed by atoms with van der Waals surface area (Å²) in [4.78, 5) is 23.7. The number of carbonyl (C=O) groups excluding carboxylic acids is 2. The molecule has 0 aliphatic carbocycles. The topological polar surface area (TPSA) is 90.5 Å². The molecule has 6 nitrogen and oxygen atoms in total. The van der Waals surface area contributed by atoms with Crippen molar-refractivity contribution in [2.75, 3.05) is 19.6 Å². The largest absolute Gasteiger partial charge is 0.507 e. The molecule has 1 aromatic rings. The lowest BCUT2D eigenvalue weighted by Crippen LogP contribution is -2.35. The van der Waals surface area contributed by atoms with Gasteiger partial charge in [0.1, 0.15) is 5.75 Å². The van der Waals surface area contributed by atoms with Gasteiger partial charge in [-0.3, -0.25) is 4.79 Å². The Kier molecular flexibility index (Phi) is 19.9. The second kappa shape index (κ2) is 20.2. The van der Waals surface area contributed by atoms with Gasteiger partial charge in [-0.05, 0) is 62.1 Å². The van der Waals surface area contributed by atoms with Crippen LogP contribution in [0.4, 0.5) is 4.79 Å². The van der Waals surface area contributed by atoms with Gasteiger partial charge in [0.15, 0.2) is 0 Å². The van der Waals surface area contributed by atoms with Crippen LogP contribution in [0.1, 0.15) is 120 Å². The standard InChI is InChI=1S/C29H47N3O3.2C2H6/c1-9-21(15-18-32-27(35)30-11-3)19-22(10-2)24-14-13-23(20-25(24)33)29(7,8)16-12-17-31-26(34)28(4,5)6;2*1-2/h10,13-14,19-20,33H,9,11-12,15-18H2,1-8H3,(H,31,34)(H2,30,32,35);2*1-2H3/b21-19+,22-10+;;. The number of allylic oxidation sites excluding steroid dienone is 3. The third-order valence-corrected chi connectivity index (χ3v) is 6.23. The zero-order valence-corrected chi connectivity index (χ0v) is 27.1. The van der Waals surface area contributed by atoms with E-state index < -0.39 is 0 Å². The molecule has 1 aromatic carbocycles. The highest BCUT2D eigenvalue weighted by atomic mass is 16.3. The third-order valence-electron chi connectivity index (χ3n) is 6.23. The quantitative estimate of drug-likeness (QED) is 0.158. The number of nitrogens with one attached hydrogen (secondary N) is 3. The van der Waals surface area contributed by atoms with Crippen LogP contribution >= 0.6 is 0 Å². The predicted molar refractivity (Wildman–Crippen MR) is 169 cm³/mol. The second-order valence-corrected chi connectivity index (χ2v) is 10.7. The average Bonchev–Trinajstić information content (AvgIpc) is 2.90. The lowest BCUT2D eigenvalue weighted by atomic mass is 9.79. The Labute approximate surface area is 240 Å². The lowest BCUT2D eigenvalue weighted by molar-refractivity contribution is -0.128. The van der Waals surface area contributed by atoms with E-state index in [4.69, 9.17) is 0 Å². The van der Waals surface area contributed by atoms with E-state index in [-0.39, 0.29) is 28.5 Å². The number of hydrogen-bond donors (Lipinski definition) is 4. The molecule has 0 saturated heterocycles. The predicted octanol–water partition coefficient (Wildman–Crippen LogP) is 8.11. The molecule has 0 bridgehead atoms. The first-order chi connectivity index (χ1) is 18.3. The van der Waals surface area contributed by atoms with Crippen LogP contribution in [0.5, 0.6) is 5.75 Å². The van der Waals surface area contributed by atoms with E-state index in [1.54, 1.807) is 0 Å². The van der Waals surface area contributed by atoms with Crippen LogP contribution in [-0.2, 0) is 10.2 Å². The zero-order valence-electron chi connectivity index (χ0n) is 27.1. The normalized spacial score (nSPS) is 11.9. The molecule has 0 aliphatic rings. The van der Waals surface area contributed by atoms with Gasteiger partial charge in [-0.2, -0.15) is 0 Å². The van der Waals surface area contributed by atoms with Gasteiger partial charge in [0.25, 0.3) is 0 Å². The third kappa shape index (κ3) is 14.8. The molecule has 0 unspecified atom stereocenters. The van der Waals surface area contributed by atoms with Gasteiger partial charge in [-0.15, -0.1) is 0 Å². The molecule has 3 amide bonds. The van der Waals surface area contributed by atoms with Gasteiger partial charge < -0.3 is 21.1 Å². The number of amides is 3. The molecule has 4 N–H and O–H groups in total. The molecule has 39 heavy (non-hydrogen) atoms. The number of phenols is 1. The Balaban J connectivity index is 0. The van der Waals surface area contributed by atoms with Crippen molar-refractivity contribution in [1.29, 1.82) is 0 Å². The van der Waals surface area contributed by atoms with Crippen LogP contribution in [0, 0.1) is 5.41 Å². The van der Waals surface area contributed by atoms with E-state index in [0.717, 1.165) is 42.4 Å². The van der Waals surface area contributed by atoms with Crippen LogP contribution in [0.25, 0.3) is 5.57 Å². The summed E-state index contributed by atoms with van der Waals surface area (Å²) >= 11 is 0. The minimum Gasteiger partial charge on any atom is -0.507 e. The smallest absolute Gasteiger partial charge is 0.314 e. The fourth-order valence-corrected chi connectivity index (χ4v) is 3.79. The van der Waals surface area contributed by atoms with Crippen LogP contribution in [0.3, 0.4) is 0 Å². The number of rotatable bonds is 12. The number of carbonyl (C=O) groups is 2. The van der Waals surface area contributed by atoms with E-state index in [9.17, 15) is 14.7 Å². The molecule has 0 atom stereocenters. The van der Waals surface area contributed by atoms with Gasteiger partial charge in [0, 0.05) is 30.6 Å². The molecule has 0 heterocycles. The van der Waals surface area contributed by atoms with Gasteiger partial charge >= 0.3 is 6.03 Å². The summed E-state index contributed by atoms with van der Waals surface area (Å²) in [5, 5.41) is 19.5. The number of urea groups is 1. The van der Waals surface area contributed by atoms with Gasteiger partial charge in [0.05, 0.1) is 0 Å². The summed E-state index contributed by atoms with van der Waals surface area (Å²) in [6.45, 7) is 25.8. The molecule has 0 saturated carbocycles. The highest BCUT2D eigenvalue weighted by Gasteiger charge is 2.23. The molecule has 1 rings (SSSR count). The molecule has 0 aromatic heterocycles. The molecule has 0 aliphatic heterocycles. The van der Waals surface area contributed by atoms with Gasteiger partial charge in [-0.1, -0.05) is 99.1 Å². The van der Waals surface area contributed by atoms with Crippen LogP contribution in [0.15, 0.2) is 35.9 Å². The Morgan fingerprint density at radius 1 is 0.923 bits per heavy atom. The van der Waals surface area contributed by atoms with E-state index in [1.807, 2.05) is 80.5 Å². The van der Waals surface area contributed by atoms with Crippen molar-refractivity contribution in [3.8, 4) is 5.75 Å². The molecule has 224 valence electrons. The SMILES string of the molecule is C/C=C(\C=C(/CC)CCNC(=O)NCC)c1ccc(C(C)(C)CCCNC(=O)C(C)(C)C)cc1O.CC.CC. The van der Waals surface area contributed by atoms with Crippen LogP contribution in [0.2, 0.25) is 0 Å². The molecule has 0 spiro atoms. The summed E-state index contributed by atoms with van der Waals surface area (Å²) in [6.07, 6.45) is 7.49. The van der Waals surface area contributed by atoms with Gasteiger partial charge in [0.2, 0.25) is 5.91 Å². The fourth-order valence-electron chi connectivity index (χ4n) is 3.79. The van der Waals surface area contributed by atoms with E-state index >= 15 is 0 Å². The Morgan fingerprint density at radius 3 is 2.03 bits per heavy atom. The Morgan fingerprint density at radius 2 is 1.54 bits per heavy atom. The van der Waals surface area contributed by atoms with Crippen molar-refractivity contribution < 1.29 is 14.7 Å². The fraction of sp³-hybridized carbons (Fsp3) is 0.636. The number of aromatic hydroxyl groups is 1. The summed E-state index contributed by atoms with van der Waals surface area (Å²) in [5.41, 5.74) is 3.53. The van der Waals surface area contributed by atoms with Crippen molar-refractivity contribution in [3.63, 3.8) is 0 Å². The number of hydrogen-bond acceptors (Lipinski definition) is 3. The van der Waals surface area contributed by atoms with E-state index in [1.165, 1.54) is 5.57 Å². The Hall–Kier alpha value is -2.76. The van der Waals surface area contributed by atoms with Crippen molar-refractivity contribution in [2.45, 2.75) is 114 Å². The van der Waals surface area contributed by atoms with Crippen molar-refractivity contribution >= 4 is 17.5 Å². The van der Waals surface area contributed by atoms with Crippen molar-refractivity contribution in [2.24, 2.45) is 5.41 Å². The van der Waals surface area contributed by atoms with Crippen LogP contribution in [-0.4, -0.2) is 36.7 Å². The zero-order chi connectivity index (χ0) is 30.6. The maximum Gasteiger partial charge on any atom is 0.314 e. The monoisotopic (exact) mass is 545 g/mol. The van der Waals surface area contributed by atoms with Gasteiger partial charge in [-0.25, -0.2) is 4.79 Å². The molecule has 0 fully saturated rings. The summed E-state index contributed by atoms with van der Waals surface area (Å²) in [5.74, 6) is 0.326. The average molecular weight is 546 g/mol. The minimum absolute atomic E-state index is 0.0655. The lowest BCUT2D eigenvalue weighted by Gasteiger charge is -2.26. The number of phenolic OH excluding ortho intramolecular Hbond substituents is 1. The molecular formula is C33H59N3O3. The maximum absolute atomic E-state index is 12.1. The first-order valence-electron chi connectivity index (χ1n) is 14.8. The van der Waals surface area contributed by atoms with E-state index in [0.29, 0.717) is 19.6 Å². The first-order valence-corrected chi connectivity index (χ1v) is 14.8. The number of benzene rings is 1. The van der Waals surface area contributed by atoms with Crippen molar-refractivity contribution in [1.82, 2.24) is 16.0 Å². The maximum atomic E-state index is 12.1. The Bertz CT molecular complexity index is 909. The summed E-state index contributed by atoms with van der Waals surface area (Å²) < 4.78 is 0. The molecule has 0 radical (unpaired) electrons. The van der Waals surface area contributed by atoms with Crippen molar-refractivity contribution in [3.05, 3.63) is 47.1 Å². The molecule has 6 heteroatoms. The molecular weight excluding hydrogens is 486 g/mol. The minimum atomic E-state index is -0.381. The first kappa shape index (κ1) is 38.4. The summed E-state index contributed by atoms with van der Waals surface area (Å²) in [6, 6.07) is 5.78.